The molecule has 0 saturated carbocycles. The van der Waals surface area contributed by atoms with Gasteiger partial charge in [0.1, 0.15) is 5.82 Å². The lowest BCUT2D eigenvalue weighted by Gasteiger charge is -2.04. The number of fused-ring (bicyclic) bond motifs is 2. The van der Waals surface area contributed by atoms with Gasteiger partial charge < -0.3 is 9.72 Å². The van der Waals surface area contributed by atoms with Gasteiger partial charge in [0, 0.05) is 5.56 Å². The normalized spacial score (nSPS) is 11.1. The molecule has 0 saturated heterocycles. The molecule has 0 aliphatic carbocycles. The molecule has 2 heterocycles. The van der Waals surface area contributed by atoms with Crippen molar-refractivity contribution in [1.82, 2.24) is 15.0 Å². The lowest BCUT2D eigenvalue weighted by Crippen LogP contribution is -2.20. The SMILES string of the molecule is Cc1ccc(-c2nc3ccc(C(=O)OCC(=O)Nc4nc5ccc(C)cc5s4)cc3[nH]2)cc1. The molecular weight excluding hydrogens is 436 g/mol. The van der Waals surface area contributed by atoms with Crippen LogP contribution in [0.2, 0.25) is 0 Å². The van der Waals surface area contributed by atoms with Gasteiger partial charge in [0.25, 0.3) is 5.91 Å². The Labute approximate surface area is 193 Å². The van der Waals surface area contributed by atoms with Gasteiger partial charge in [0.05, 0.1) is 26.8 Å². The van der Waals surface area contributed by atoms with Gasteiger partial charge >= 0.3 is 5.97 Å². The summed E-state index contributed by atoms with van der Waals surface area (Å²) in [5.41, 5.74) is 5.86. The summed E-state index contributed by atoms with van der Waals surface area (Å²) in [4.78, 5) is 36.9. The zero-order valence-corrected chi connectivity index (χ0v) is 18.8. The second-order valence-electron chi connectivity index (χ2n) is 7.80. The van der Waals surface area contributed by atoms with Crippen LogP contribution in [0, 0.1) is 13.8 Å². The molecule has 0 fully saturated rings. The van der Waals surface area contributed by atoms with Crippen LogP contribution < -0.4 is 5.32 Å². The van der Waals surface area contributed by atoms with E-state index in [9.17, 15) is 9.59 Å². The number of carbonyl (C=O) groups is 2. The number of benzene rings is 3. The zero-order valence-electron chi connectivity index (χ0n) is 18.0. The first-order valence-electron chi connectivity index (χ1n) is 10.4. The number of nitrogens with zero attached hydrogens (tertiary/aromatic N) is 2. The number of carbonyl (C=O) groups excluding carboxylic acids is 2. The summed E-state index contributed by atoms with van der Waals surface area (Å²) in [6.07, 6.45) is 0. The van der Waals surface area contributed by atoms with E-state index in [0.717, 1.165) is 32.7 Å². The molecule has 1 amide bonds. The molecule has 8 heteroatoms. The van der Waals surface area contributed by atoms with Crippen LogP contribution in [0.4, 0.5) is 5.13 Å². The molecular formula is C25H20N4O3S. The zero-order chi connectivity index (χ0) is 22.9. The second-order valence-corrected chi connectivity index (χ2v) is 8.83. The first kappa shape index (κ1) is 20.8. The van der Waals surface area contributed by atoms with E-state index in [1.54, 1.807) is 18.2 Å². The lowest BCUT2D eigenvalue weighted by atomic mass is 10.1. The van der Waals surface area contributed by atoms with Crippen LogP contribution in [0.3, 0.4) is 0 Å². The fourth-order valence-electron chi connectivity index (χ4n) is 3.44. The molecule has 0 radical (unpaired) electrons. The highest BCUT2D eigenvalue weighted by molar-refractivity contribution is 7.22. The number of hydrogen-bond donors (Lipinski definition) is 2. The summed E-state index contributed by atoms with van der Waals surface area (Å²) >= 11 is 1.38. The van der Waals surface area contributed by atoms with Crippen LogP contribution in [-0.2, 0) is 9.53 Å². The minimum Gasteiger partial charge on any atom is -0.452 e. The monoisotopic (exact) mass is 456 g/mol. The van der Waals surface area contributed by atoms with E-state index in [0.29, 0.717) is 16.2 Å². The third-order valence-electron chi connectivity index (χ3n) is 5.17. The number of amides is 1. The van der Waals surface area contributed by atoms with Gasteiger partial charge in [0.2, 0.25) is 0 Å². The number of aryl methyl sites for hydroxylation is 2. The molecule has 33 heavy (non-hydrogen) atoms. The Kier molecular flexibility index (Phi) is 5.35. The predicted octanol–water partition coefficient (Wildman–Crippen LogP) is 5.25. The average Bonchev–Trinajstić information content (AvgIpc) is 3.40. The fourth-order valence-corrected chi connectivity index (χ4v) is 4.42. The van der Waals surface area contributed by atoms with Crippen molar-refractivity contribution in [3.05, 3.63) is 77.4 Å². The minimum atomic E-state index is -0.585. The van der Waals surface area contributed by atoms with Crippen LogP contribution in [0.15, 0.2) is 60.7 Å². The number of imidazole rings is 1. The number of thiazole rings is 1. The van der Waals surface area contributed by atoms with Gasteiger partial charge in [0.15, 0.2) is 11.7 Å². The number of aromatic nitrogens is 3. The van der Waals surface area contributed by atoms with Crippen molar-refractivity contribution in [2.24, 2.45) is 0 Å². The second kappa shape index (κ2) is 8.48. The summed E-state index contributed by atoms with van der Waals surface area (Å²) in [7, 11) is 0. The Hall–Kier alpha value is -4.04. The van der Waals surface area contributed by atoms with Crippen LogP contribution in [-0.4, -0.2) is 33.4 Å². The lowest BCUT2D eigenvalue weighted by molar-refractivity contribution is -0.119. The highest BCUT2D eigenvalue weighted by Crippen LogP contribution is 2.26. The Morgan fingerprint density at radius 3 is 2.52 bits per heavy atom. The predicted molar refractivity (Wildman–Crippen MR) is 130 cm³/mol. The van der Waals surface area contributed by atoms with Gasteiger partial charge in [-0.05, 0) is 49.7 Å². The number of anilines is 1. The Morgan fingerprint density at radius 1 is 0.939 bits per heavy atom. The average molecular weight is 457 g/mol. The quantitative estimate of drug-likeness (QED) is 0.352. The third kappa shape index (κ3) is 4.47. The molecule has 0 unspecified atom stereocenters. The van der Waals surface area contributed by atoms with E-state index in [1.807, 2.05) is 56.3 Å². The number of ether oxygens (including phenoxy) is 1. The van der Waals surface area contributed by atoms with Crippen LogP contribution in [0.5, 0.6) is 0 Å². The number of esters is 1. The van der Waals surface area contributed by atoms with Gasteiger partial charge in [-0.1, -0.05) is 47.2 Å². The summed E-state index contributed by atoms with van der Waals surface area (Å²) in [5.74, 6) is -0.303. The first-order chi connectivity index (χ1) is 15.9. The largest absolute Gasteiger partial charge is 0.452 e. The van der Waals surface area contributed by atoms with Gasteiger partial charge in [-0.25, -0.2) is 14.8 Å². The maximum Gasteiger partial charge on any atom is 0.338 e. The summed E-state index contributed by atoms with van der Waals surface area (Å²) in [6.45, 7) is 3.63. The molecule has 3 aromatic carbocycles. The Morgan fingerprint density at radius 2 is 1.70 bits per heavy atom. The van der Waals surface area contributed by atoms with Crippen molar-refractivity contribution >= 4 is 49.6 Å². The van der Waals surface area contributed by atoms with Crippen molar-refractivity contribution in [2.75, 3.05) is 11.9 Å². The smallest absolute Gasteiger partial charge is 0.338 e. The number of H-pyrrole nitrogens is 1. The van der Waals surface area contributed by atoms with E-state index >= 15 is 0 Å². The van der Waals surface area contributed by atoms with E-state index in [2.05, 4.69) is 20.3 Å². The van der Waals surface area contributed by atoms with Crippen molar-refractivity contribution < 1.29 is 14.3 Å². The number of aromatic amines is 1. The van der Waals surface area contributed by atoms with Gasteiger partial charge in [-0.3, -0.25) is 10.1 Å². The van der Waals surface area contributed by atoms with Crippen LogP contribution in [0.1, 0.15) is 21.5 Å². The molecule has 5 aromatic rings. The molecule has 7 nitrogen and oxygen atoms in total. The molecule has 0 aliphatic heterocycles. The maximum atomic E-state index is 12.5. The van der Waals surface area contributed by atoms with Crippen molar-refractivity contribution in [2.45, 2.75) is 13.8 Å². The van der Waals surface area contributed by atoms with E-state index in [1.165, 1.54) is 16.9 Å². The van der Waals surface area contributed by atoms with Crippen molar-refractivity contribution in [3.63, 3.8) is 0 Å². The Balaban J connectivity index is 1.24. The molecule has 5 rings (SSSR count). The number of hydrogen-bond acceptors (Lipinski definition) is 6. The fraction of sp³-hybridized carbons (Fsp3) is 0.120. The molecule has 2 aromatic heterocycles. The third-order valence-corrected chi connectivity index (χ3v) is 6.10. The van der Waals surface area contributed by atoms with Crippen LogP contribution in [0.25, 0.3) is 32.6 Å². The number of nitrogens with one attached hydrogen (secondary N) is 2. The highest BCUT2D eigenvalue weighted by Gasteiger charge is 2.14. The standard InChI is InChI=1S/C25H20N4O3S/c1-14-3-6-16(7-4-14)23-26-18-10-8-17(12-20(18)27-23)24(31)32-13-22(30)29-25-28-19-9-5-15(2)11-21(19)33-25/h3-12H,13H2,1-2H3,(H,26,27)(H,28,29,30). The van der Waals surface area contributed by atoms with Gasteiger partial charge in [-0.15, -0.1) is 0 Å². The Bertz CT molecular complexity index is 1500. The summed E-state index contributed by atoms with van der Waals surface area (Å²) < 4.78 is 6.19. The van der Waals surface area contributed by atoms with Gasteiger partial charge in [-0.2, -0.15) is 0 Å². The van der Waals surface area contributed by atoms with E-state index < -0.39 is 18.5 Å². The van der Waals surface area contributed by atoms with E-state index in [4.69, 9.17) is 4.74 Å². The molecule has 0 spiro atoms. The summed E-state index contributed by atoms with van der Waals surface area (Å²) in [6, 6.07) is 19.0. The summed E-state index contributed by atoms with van der Waals surface area (Å²) in [5, 5.41) is 3.16. The first-order valence-corrected chi connectivity index (χ1v) is 11.2. The van der Waals surface area contributed by atoms with E-state index in [-0.39, 0.29) is 0 Å². The molecule has 2 N–H and O–H groups in total. The molecule has 0 bridgehead atoms. The van der Waals surface area contributed by atoms with Crippen molar-refractivity contribution in [3.8, 4) is 11.4 Å². The number of rotatable bonds is 5. The molecule has 0 aliphatic rings. The topological polar surface area (TPSA) is 97.0 Å². The highest BCUT2D eigenvalue weighted by atomic mass is 32.1. The van der Waals surface area contributed by atoms with Crippen LogP contribution >= 0.6 is 11.3 Å². The molecule has 164 valence electrons. The molecule has 0 atom stereocenters. The van der Waals surface area contributed by atoms with Crippen molar-refractivity contribution in [1.29, 1.82) is 0 Å². The maximum absolute atomic E-state index is 12.5. The minimum absolute atomic E-state index is 0.338.